The molecule has 2 heterocycles. The van der Waals surface area contributed by atoms with Gasteiger partial charge in [0.2, 0.25) is 5.91 Å². The SMILES string of the molecule is CCCO[C@@H]1CC[C@H](C(=O)NCCc2nccs2)C[C@H]1NC1CCOCC1.O=CO. The van der Waals surface area contributed by atoms with Gasteiger partial charge in [-0.25, -0.2) is 4.98 Å². The molecule has 9 heteroatoms. The second-order valence-corrected chi connectivity index (χ2v) is 8.63. The summed E-state index contributed by atoms with van der Waals surface area (Å²) in [5.41, 5.74) is 0. The van der Waals surface area contributed by atoms with Crippen molar-refractivity contribution >= 4 is 23.7 Å². The molecule has 1 aromatic heterocycles. The Kier molecular flexibility index (Phi) is 11.9. The number of amides is 1. The summed E-state index contributed by atoms with van der Waals surface area (Å²) in [6.07, 6.45) is 8.66. The van der Waals surface area contributed by atoms with E-state index in [2.05, 4.69) is 22.5 Å². The van der Waals surface area contributed by atoms with Crippen LogP contribution in [0.3, 0.4) is 0 Å². The van der Waals surface area contributed by atoms with Crippen molar-refractivity contribution in [3.8, 4) is 0 Å². The quantitative estimate of drug-likeness (QED) is 0.504. The van der Waals surface area contributed by atoms with Crippen molar-refractivity contribution in [3.05, 3.63) is 16.6 Å². The predicted molar refractivity (Wildman–Crippen MR) is 116 cm³/mol. The Bertz CT molecular complexity index is 595. The van der Waals surface area contributed by atoms with Gasteiger partial charge in [-0.1, -0.05) is 6.92 Å². The van der Waals surface area contributed by atoms with E-state index in [1.807, 2.05) is 11.6 Å². The van der Waals surface area contributed by atoms with Gasteiger partial charge >= 0.3 is 0 Å². The average molecular weight is 442 g/mol. The van der Waals surface area contributed by atoms with E-state index in [9.17, 15) is 4.79 Å². The summed E-state index contributed by atoms with van der Waals surface area (Å²) in [5, 5.41) is 16.8. The van der Waals surface area contributed by atoms with E-state index in [1.54, 1.807) is 11.3 Å². The molecule has 30 heavy (non-hydrogen) atoms. The highest BCUT2D eigenvalue weighted by molar-refractivity contribution is 7.09. The zero-order chi connectivity index (χ0) is 21.6. The summed E-state index contributed by atoms with van der Waals surface area (Å²) in [7, 11) is 0. The molecule has 0 unspecified atom stereocenters. The molecule has 1 aliphatic heterocycles. The highest BCUT2D eigenvalue weighted by atomic mass is 32.1. The molecule has 0 radical (unpaired) electrons. The van der Waals surface area contributed by atoms with Crippen LogP contribution in [0.25, 0.3) is 0 Å². The molecule has 8 nitrogen and oxygen atoms in total. The number of hydrogen-bond donors (Lipinski definition) is 3. The third-order valence-electron chi connectivity index (χ3n) is 5.49. The molecular formula is C21H35N3O5S. The zero-order valence-corrected chi connectivity index (χ0v) is 18.6. The second-order valence-electron chi connectivity index (χ2n) is 7.65. The lowest BCUT2D eigenvalue weighted by Gasteiger charge is -2.39. The summed E-state index contributed by atoms with van der Waals surface area (Å²) in [5.74, 6) is 0.249. The topological polar surface area (TPSA) is 110 Å². The number of carbonyl (C=O) groups excluding carboxylic acids is 1. The normalized spacial score (nSPS) is 24.5. The first-order valence-corrected chi connectivity index (χ1v) is 11.7. The molecule has 1 aliphatic carbocycles. The van der Waals surface area contributed by atoms with E-state index in [0.717, 1.165) is 69.8 Å². The van der Waals surface area contributed by atoms with E-state index in [0.29, 0.717) is 12.6 Å². The van der Waals surface area contributed by atoms with Crippen LogP contribution in [0.2, 0.25) is 0 Å². The summed E-state index contributed by atoms with van der Waals surface area (Å²) in [6.45, 7) is 5.00. The molecule has 1 saturated carbocycles. The molecule has 0 aromatic carbocycles. The number of nitrogens with one attached hydrogen (secondary N) is 2. The minimum absolute atomic E-state index is 0.0695. The third-order valence-corrected chi connectivity index (χ3v) is 6.33. The van der Waals surface area contributed by atoms with Crippen molar-refractivity contribution in [3.63, 3.8) is 0 Å². The standard InChI is InChI=1S/C20H33N3O3S.CH2O2/c1-2-10-26-18-4-3-15(14-17(18)23-16-6-11-25-12-7-16)20(24)22-8-5-19-21-9-13-27-19;2-1-3/h9,13,15-18,23H,2-8,10-12,14H2,1H3,(H,22,24);1H,(H,2,3)/t15-,17+,18+;/m0./s1. The number of carbonyl (C=O) groups is 2. The molecule has 3 rings (SSSR count). The average Bonchev–Trinajstić information content (AvgIpc) is 3.27. The van der Waals surface area contributed by atoms with Crippen molar-refractivity contribution < 1.29 is 24.2 Å². The van der Waals surface area contributed by atoms with Gasteiger partial charge in [-0.3, -0.25) is 9.59 Å². The fourth-order valence-corrected chi connectivity index (χ4v) is 4.63. The Morgan fingerprint density at radius 1 is 1.37 bits per heavy atom. The smallest absolute Gasteiger partial charge is 0.290 e. The Hall–Kier alpha value is -1.55. The summed E-state index contributed by atoms with van der Waals surface area (Å²) >= 11 is 1.64. The fraction of sp³-hybridized carbons (Fsp3) is 0.762. The molecule has 3 N–H and O–H groups in total. The predicted octanol–water partition coefficient (Wildman–Crippen LogP) is 2.24. The molecule has 1 aromatic rings. The van der Waals surface area contributed by atoms with Gasteiger partial charge in [-0.05, 0) is 38.5 Å². The van der Waals surface area contributed by atoms with E-state index >= 15 is 0 Å². The van der Waals surface area contributed by atoms with Crippen LogP contribution in [-0.2, 0) is 25.5 Å². The maximum atomic E-state index is 12.7. The van der Waals surface area contributed by atoms with E-state index < -0.39 is 0 Å². The van der Waals surface area contributed by atoms with Gasteiger partial charge in [0, 0.05) is 62.4 Å². The van der Waals surface area contributed by atoms with Crippen LogP contribution in [0.15, 0.2) is 11.6 Å². The number of thiazole rings is 1. The largest absolute Gasteiger partial charge is 0.483 e. The van der Waals surface area contributed by atoms with E-state index in [4.69, 9.17) is 19.4 Å². The van der Waals surface area contributed by atoms with Crippen LogP contribution in [0, 0.1) is 5.92 Å². The Morgan fingerprint density at radius 2 is 2.13 bits per heavy atom. The molecule has 170 valence electrons. The Labute approximate surface area is 182 Å². The molecule has 1 saturated heterocycles. The Morgan fingerprint density at radius 3 is 2.80 bits per heavy atom. The maximum Gasteiger partial charge on any atom is 0.290 e. The number of ether oxygens (including phenoxy) is 2. The second kappa shape index (κ2) is 14.5. The first-order chi connectivity index (χ1) is 14.7. The van der Waals surface area contributed by atoms with Crippen LogP contribution in [-0.4, -0.2) is 67.0 Å². The number of nitrogens with zero attached hydrogens (tertiary/aromatic N) is 1. The van der Waals surface area contributed by atoms with E-state index in [-0.39, 0.29) is 30.4 Å². The molecule has 3 atom stereocenters. The Balaban J connectivity index is 0.00000101. The fourth-order valence-electron chi connectivity index (χ4n) is 4.01. The van der Waals surface area contributed by atoms with Gasteiger partial charge in [-0.2, -0.15) is 0 Å². The maximum absolute atomic E-state index is 12.7. The minimum Gasteiger partial charge on any atom is -0.483 e. The monoisotopic (exact) mass is 441 g/mol. The zero-order valence-electron chi connectivity index (χ0n) is 17.8. The molecular weight excluding hydrogens is 406 g/mol. The van der Waals surface area contributed by atoms with Gasteiger partial charge in [0.1, 0.15) is 0 Å². The van der Waals surface area contributed by atoms with Crippen LogP contribution in [0.4, 0.5) is 0 Å². The van der Waals surface area contributed by atoms with Crippen LogP contribution >= 0.6 is 11.3 Å². The minimum atomic E-state index is -0.250. The van der Waals surface area contributed by atoms with Crippen molar-refractivity contribution in [1.29, 1.82) is 0 Å². The van der Waals surface area contributed by atoms with Gasteiger partial charge in [-0.15, -0.1) is 11.3 Å². The van der Waals surface area contributed by atoms with E-state index in [1.165, 1.54) is 0 Å². The van der Waals surface area contributed by atoms with Crippen molar-refractivity contribution in [2.45, 2.75) is 70.1 Å². The van der Waals surface area contributed by atoms with Crippen molar-refractivity contribution in [2.24, 2.45) is 5.92 Å². The van der Waals surface area contributed by atoms with Crippen molar-refractivity contribution in [1.82, 2.24) is 15.6 Å². The lowest BCUT2D eigenvalue weighted by molar-refractivity contribution is -0.128. The van der Waals surface area contributed by atoms with Crippen LogP contribution < -0.4 is 10.6 Å². The number of carboxylic acid groups (broad SMARTS) is 1. The van der Waals surface area contributed by atoms with Gasteiger partial charge < -0.3 is 25.2 Å². The summed E-state index contributed by atoms with van der Waals surface area (Å²) < 4.78 is 11.6. The highest BCUT2D eigenvalue weighted by Crippen LogP contribution is 2.28. The van der Waals surface area contributed by atoms with Crippen LogP contribution in [0.1, 0.15) is 50.5 Å². The van der Waals surface area contributed by atoms with Gasteiger partial charge in [0.05, 0.1) is 11.1 Å². The van der Waals surface area contributed by atoms with Crippen molar-refractivity contribution in [2.75, 3.05) is 26.4 Å². The first-order valence-electron chi connectivity index (χ1n) is 10.9. The third kappa shape index (κ3) is 8.67. The molecule has 1 amide bonds. The van der Waals surface area contributed by atoms with Gasteiger partial charge in [0.15, 0.2) is 0 Å². The van der Waals surface area contributed by atoms with Crippen LogP contribution in [0.5, 0.6) is 0 Å². The lowest BCUT2D eigenvalue weighted by atomic mass is 9.82. The number of rotatable bonds is 9. The molecule has 0 bridgehead atoms. The first kappa shape index (κ1) is 24.7. The number of aromatic nitrogens is 1. The molecule has 2 aliphatic rings. The van der Waals surface area contributed by atoms with Gasteiger partial charge in [0.25, 0.3) is 6.47 Å². The highest BCUT2D eigenvalue weighted by Gasteiger charge is 2.35. The summed E-state index contributed by atoms with van der Waals surface area (Å²) in [6, 6.07) is 0.728. The molecule has 0 spiro atoms. The summed E-state index contributed by atoms with van der Waals surface area (Å²) in [4.78, 5) is 25.3. The number of hydrogen-bond acceptors (Lipinski definition) is 7. The molecule has 2 fully saturated rings. The lowest BCUT2D eigenvalue weighted by Crippen LogP contribution is -2.52.